The first-order chi connectivity index (χ1) is 13.2. The van der Waals surface area contributed by atoms with Crippen molar-refractivity contribution in [3.8, 4) is 5.75 Å². The zero-order chi connectivity index (χ0) is 20.5. The Morgan fingerprint density at radius 2 is 1.90 bits per heavy atom. The van der Waals surface area contributed by atoms with E-state index in [9.17, 15) is 16.8 Å². The molecule has 2 aromatic heterocycles. The molecular weight excluding hydrogens is 440 g/mol. The molecular formula is C18H21ClN2O6S2. The van der Waals surface area contributed by atoms with Gasteiger partial charge in [-0.1, -0.05) is 16.7 Å². The Labute approximate surface area is 176 Å². The second kappa shape index (κ2) is 8.70. The van der Waals surface area contributed by atoms with Crippen LogP contribution < -0.4 is 4.74 Å². The monoisotopic (exact) mass is 460 g/mol. The number of ether oxygens (including phenoxy) is 1. The zero-order valence-corrected chi connectivity index (χ0v) is 18.5. The normalized spacial score (nSPS) is 12.1. The number of pyridine rings is 1. The highest BCUT2D eigenvalue weighted by molar-refractivity contribution is 8.03. The van der Waals surface area contributed by atoms with E-state index in [-0.39, 0.29) is 34.8 Å². The lowest BCUT2D eigenvalue weighted by Gasteiger charge is -2.20. The summed E-state index contributed by atoms with van der Waals surface area (Å²) < 4.78 is 62.8. The van der Waals surface area contributed by atoms with E-state index in [1.807, 2.05) is 6.92 Å². The van der Waals surface area contributed by atoms with Crippen LogP contribution in [0.25, 0.3) is 11.0 Å². The summed E-state index contributed by atoms with van der Waals surface area (Å²) in [5.41, 5.74) is 0.706. The van der Waals surface area contributed by atoms with E-state index >= 15 is 0 Å². The summed E-state index contributed by atoms with van der Waals surface area (Å²) in [5.74, 6) is 0.931. The van der Waals surface area contributed by atoms with E-state index in [0.717, 1.165) is 6.26 Å². The van der Waals surface area contributed by atoms with Gasteiger partial charge in [0.25, 0.3) is 10.0 Å². The molecule has 1 aromatic carbocycles. The van der Waals surface area contributed by atoms with Crippen LogP contribution in [0, 0.1) is 0 Å². The molecule has 29 heavy (non-hydrogen) atoms. The molecule has 0 saturated carbocycles. The summed E-state index contributed by atoms with van der Waals surface area (Å²) >= 11 is 0. The fraction of sp³-hybridized carbons (Fsp3) is 0.278. The van der Waals surface area contributed by atoms with Crippen molar-refractivity contribution in [3.05, 3.63) is 54.0 Å². The molecule has 0 amide bonds. The molecule has 0 aliphatic heterocycles. The van der Waals surface area contributed by atoms with Gasteiger partial charge in [0.1, 0.15) is 5.76 Å². The minimum atomic E-state index is -4.40. The van der Waals surface area contributed by atoms with Crippen LogP contribution in [0.15, 0.2) is 52.0 Å². The number of aryl methyl sites for hydroxylation is 1. The third-order valence-corrected chi connectivity index (χ3v) is 8.02. The van der Waals surface area contributed by atoms with E-state index in [0.29, 0.717) is 27.2 Å². The first kappa shape index (κ1) is 23.1. The van der Waals surface area contributed by atoms with Crippen LogP contribution in [0.3, 0.4) is 0 Å². The van der Waals surface area contributed by atoms with Gasteiger partial charge in [-0.25, -0.2) is 16.8 Å². The van der Waals surface area contributed by atoms with Gasteiger partial charge in [0.15, 0.2) is 11.3 Å². The highest BCUT2D eigenvalue weighted by atomic mass is 35.5. The maximum absolute atomic E-state index is 13.3. The number of benzene rings is 1. The van der Waals surface area contributed by atoms with Crippen molar-refractivity contribution in [2.75, 3.05) is 13.4 Å². The van der Waals surface area contributed by atoms with Gasteiger partial charge in [0, 0.05) is 24.2 Å². The number of fused-ring (bicyclic) bond motifs is 1. The molecule has 158 valence electrons. The maximum Gasteiger partial charge on any atom is 0.257 e. The SMILES string of the molecule is CCc1cc2c(S(=O)(=O)N(Cc3cccnc3)S(C)(=O)=O)ccc(OC)c2o1.Cl. The van der Waals surface area contributed by atoms with Gasteiger partial charge in [-0.05, 0) is 29.8 Å². The van der Waals surface area contributed by atoms with Crippen LogP contribution in [-0.2, 0) is 33.0 Å². The van der Waals surface area contributed by atoms with Gasteiger partial charge in [-0.15, -0.1) is 12.4 Å². The molecule has 0 radical (unpaired) electrons. The zero-order valence-electron chi connectivity index (χ0n) is 16.0. The number of aromatic nitrogens is 1. The molecule has 0 saturated heterocycles. The predicted molar refractivity (Wildman–Crippen MR) is 111 cm³/mol. The summed E-state index contributed by atoms with van der Waals surface area (Å²) in [5, 5.41) is 0.274. The van der Waals surface area contributed by atoms with Crippen molar-refractivity contribution in [2.24, 2.45) is 0 Å². The molecule has 2 heterocycles. The molecule has 0 N–H and O–H groups in total. The number of halogens is 1. The lowest BCUT2D eigenvalue weighted by molar-refractivity contribution is 0.407. The van der Waals surface area contributed by atoms with Gasteiger partial charge in [-0.2, -0.15) is 0 Å². The summed E-state index contributed by atoms with van der Waals surface area (Å²) in [6.07, 6.45) is 4.34. The smallest absolute Gasteiger partial charge is 0.257 e. The van der Waals surface area contributed by atoms with Gasteiger partial charge < -0.3 is 9.15 Å². The maximum atomic E-state index is 13.3. The Hall–Kier alpha value is -2.14. The number of furan rings is 1. The van der Waals surface area contributed by atoms with Crippen LogP contribution in [0.5, 0.6) is 5.75 Å². The highest BCUT2D eigenvalue weighted by Crippen LogP contribution is 2.36. The molecule has 0 spiro atoms. The Kier molecular flexibility index (Phi) is 6.94. The van der Waals surface area contributed by atoms with Crippen molar-refractivity contribution in [3.63, 3.8) is 0 Å². The molecule has 3 rings (SSSR count). The lowest BCUT2D eigenvalue weighted by atomic mass is 10.2. The first-order valence-electron chi connectivity index (χ1n) is 8.39. The standard InChI is InChI=1S/C18H20N2O6S2.ClH/c1-4-14-10-15-17(8-7-16(25-2)18(15)26-14)28(23,24)20(27(3,21)22)12-13-6-5-9-19-11-13;/h5-11H,4,12H2,1-3H3;1H. The average molecular weight is 461 g/mol. The molecule has 8 nitrogen and oxygen atoms in total. The van der Waals surface area contributed by atoms with Crippen LogP contribution in [0.1, 0.15) is 18.2 Å². The van der Waals surface area contributed by atoms with Crippen molar-refractivity contribution in [1.29, 1.82) is 0 Å². The van der Waals surface area contributed by atoms with E-state index in [1.54, 1.807) is 18.2 Å². The second-order valence-electron chi connectivity index (χ2n) is 6.14. The predicted octanol–water partition coefficient (Wildman–Crippen LogP) is 2.97. The van der Waals surface area contributed by atoms with E-state index in [1.165, 1.54) is 31.6 Å². The topological polar surface area (TPSA) is 107 Å². The summed E-state index contributed by atoms with van der Waals surface area (Å²) in [7, 11) is -7.05. The summed E-state index contributed by atoms with van der Waals surface area (Å²) in [6, 6.07) is 7.58. The van der Waals surface area contributed by atoms with Crippen molar-refractivity contribution in [2.45, 2.75) is 24.8 Å². The number of nitrogens with zero attached hydrogens (tertiary/aromatic N) is 2. The fourth-order valence-electron chi connectivity index (χ4n) is 2.82. The molecule has 0 bridgehead atoms. The summed E-state index contributed by atoms with van der Waals surface area (Å²) in [6.45, 7) is 1.50. The molecule has 0 aliphatic rings. The average Bonchev–Trinajstić information content (AvgIpc) is 3.09. The van der Waals surface area contributed by atoms with Gasteiger partial charge >= 0.3 is 0 Å². The van der Waals surface area contributed by atoms with Crippen molar-refractivity contribution >= 4 is 43.4 Å². The third-order valence-electron chi connectivity index (χ3n) is 4.18. The van der Waals surface area contributed by atoms with Crippen molar-refractivity contribution < 1.29 is 26.0 Å². The number of hydrogen-bond acceptors (Lipinski definition) is 7. The Morgan fingerprint density at radius 1 is 1.17 bits per heavy atom. The Balaban J connectivity index is 0.00000300. The van der Waals surface area contributed by atoms with Crippen LogP contribution >= 0.6 is 12.4 Å². The van der Waals surface area contributed by atoms with Crippen molar-refractivity contribution in [1.82, 2.24) is 8.69 Å². The van der Waals surface area contributed by atoms with E-state index < -0.39 is 20.0 Å². The van der Waals surface area contributed by atoms with E-state index in [2.05, 4.69) is 4.98 Å². The third kappa shape index (κ3) is 4.55. The minimum absolute atomic E-state index is 0. The number of sulfonamides is 2. The first-order valence-corrected chi connectivity index (χ1v) is 11.7. The molecule has 0 atom stereocenters. The molecule has 0 fully saturated rings. The minimum Gasteiger partial charge on any atom is -0.493 e. The van der Waals surface area contributed by atoms with Gasteiger partial charge in [0.2, 0.25) is 10.0 Å². The fourth-order valence-corrected chi connectivity index (χ4v) is 6.07. The summed E-state index contributed by atoms with van der Waals surface area (Å²) in [4.78, 5) is 3.75. The molecule has 11 heteroatoms. The molecule has 0 aliphatic carbocycles. The van der Waals surface area contributed by atoms with Gasteiger partial charge in [-0.3, -0.25) is 4.98 Å². The number of methoxy groups -OCH3 is 1. The number of hydrogen-bond donors (Lipinski definition) is 0. The largest absolute Gasteiger partial charge is 0.493 e. The molecule has 3 aromatic rings. The van der Waals surface area contributed by atoms with Crippen LogP contribution in [-0.4, -0.2) is 38.9 Å². The van der Waals surface area contributed by atoms with Gasteiger partial charge in [0.05, 0.1) is 24.8 Å². The van der Waals surface area contributed by atoms with Crippen LogP contribution in [0.2, 0.25) is 0 Å². The Morgan fingerprint density at radius 3 is 2.45 bits per heavy atom. The second-order valence-corrected chi connectivity index (χ2v) is 10.1. The number of rotatable bonds is 7. The van der Waals surface area contributed by atoms with Crippen LogP contribution in [0.4, 0.5) is 0 Å². The Bertz CT molecular complexity index is 1210. The quantitative estimate of drug-likeness (QED) is 0.533. The highest BCUT2D eigenvalue weighted by Gasteiger charge is 2.35. The van der Waals surface area contributed by atoms with E-state index in [4.69, 9.17) is 9.15 Å². The molecule has 0 unspecified atom stereocenters. The lowest BCUT2D eigenvalue weighted by Crippen LogP contribution is -2.35.